The lowest BCUT2D eigenvalue weighted by Gasteiger charge is -2.23. The summed E-state index contributed by atoms with van der Waals surface area (Å²) in [7, 11) is 0. The van der Waals surface area contributed by atoms with Gasteiger partial charge in [-0.05, 0) is 52.4 Å². The van der Waals surface area contributed by atoms with E-state index >= 15 is 0 Å². The Morgan fingerprint density at radius 2 is 0.943 bits per heavy atom. The van der Waals surface area contributed by atoms with Crippen molar-refractivity contribution in [2.24, 2.45) is 5.73 Å². The zero-order valence-electron chi connectivity index (χ0n) is 36.1. The van der Waals surface area contributed by atoms with Gasteiger partial charge in [0, 0.05) is 26.1 Å². The standard InChI is InChI=1S/C41H84N6O2.C4H8/c1-3-5-7-9-11-13-15-17-19-20-22-24-26-28-30-32-36-47(39(48)37-46-40(49)38(42)33-34-45-41(43)44)35-31-29-27-25-23-21-18-16-14-12-10-8-6-4-2;1-3-4-2/h17,19,38,41,45H,3-16,18,20-37,42-44H2,1-2H3,(H,46,49);3-4H,1-2H3/p+2/b19-17+;4-3-. The molecule has 0 aliphatic rings. The van der Waals surface area contributed by atoms with Gasteiger partial charge in [0.1, 0.15) is 0 Å². The first-order valence-corrected chi connectivity index (χ1v) is 22.8. The molecular weight excluding hydrogens is 657 g/mol. The van der Waals surface area contributed by atoms with Gasteiger partial charge in [-0.2, -0.15) is 0 Å². The molecule has 0 radical (unpaired) electrons. The van der Waals surface area contributed by atoms with E-state index in [9.17, 15) is 9.59 Å². The molecule has 53 heavy (non-hydrogen) atoms. The number of allylic oxidation sites excluding steroid dienone is 4. The minimum atomic E-state index is -0.422. The molecule has 0 aromatic heterocycles. The van der Waals surface area contributed by atoms with E-state index in [4.69, 9.17) is 5.73 Å². The summed E-state index contributed by atoms with van der Waals surface area (Å²) in [4.78, 5) is 27.7. The molecule has 0 bridgehead atoms. The fourth-order valence-electron chi connectivity index (χ4n) is 6.40. The number of carbonyl (C=O) groups is 2. The molecule has 0 saturated heterocycles. The molecule has 0 rings (SSSR count). The number of rotatable bonds is 38. The number of quaternary nitrogens is 2. The number of hydrogen-bond acceptors (Lipinski definition) is 4. The summed E-state index contributed by atoms with van der Waals surface area (Å²) in [5.41, 5.74) is 13.3. The maximum absolute atomic E-state index is 13.2. The van der Waals surface area contributed by atoms with Crippen molar-refractivity contribution < 1.29 is 21.1 Å². The van der Waals surface area contributed by atoms with E-state index in [1.54, 1.807) is 0 Å². The number of amides is 2. The number of hydrogen-bond donors (Lipinski definition) is 5. The Balaban J connectivity index is 0. The summed E-state index contributed by atoms with van der Waals surface area (Å²) >= 11 is 0. The Bertz CT molecular complexity index is 815. The first-order valence-electron chi connectivity index (χ1n) is 22.8. The summed E-state index contributed by atoms with van der Waals surface area (Å²) in [5, 5.41) is 5.84. The average molecular weight is 751 g/mol. The molecule has 10 N–H and O–H groups in total. The molecule has 8 nitrogen and oxygen atoms in total. The second-order valence-electron chi connectivity index (χ2n) is 15.3. The van der Waals surface area contributed by atoms with Gasteiger partial charge in [-0.3, -0.25) is 20.6 Å². The molecule has 8 heteroatoms. The number of nitrogens with zero attached hydrogens (tertiary/aromatic N) is 1. The fraction of sp³-hybridized carbons (Fsp3) is 0.867. The number of unbranched alkanes of at least 4 members (excludes halogenated alkanes) is 25. The first-order chi connectivity index (χ1) is 25.8. The van der Waals surface area contributed by atoms with Crippen LogP contribution < -0.4 is 27.8 Å². The summed E-state index contributed by atoms with van der Waals surface area (Å²) in [6.45, 7) is 10.8. The van der Waals surface area contributed by atoms with E-state index in [-0.39, 0.29) is 24.6 Å². The SMILES string of the molecule is C/C=C\C.CCCCCCCC/C=C/CCCCCCCCN(CCCCCCCCCCCCCCCC)C(=O)CNC(=O)C([NH3+])CCNC(N)[NH3+]. The number of nitrogens with two attached hydrogens (primary N) is 1. The normalized spacial score (nSPS) is 12.6. The lowest BCUT2D eigenvalue weighted by atomic mass is 10.0. The highest BCUT2D eigenvalue weighted by Gasteiger charge is 2.20. The van der Waals surface area contributed by atoms with Crippen LogP contribution in [-0.2, 0) is 9.59 Å². The van der Waals surface area contributed by atoms with Gasteiger partial charge in [-0.15, -0.1) is 0 Å². The minimum absolute atomic E-state index is 0.0286. The Morgan fingerprint density at radius 1 is 0.585 bits per heavy atom. The van der Waals surface area contributed by atoms with E-state index in [1.165, 1.54) is 161 Å². The van der Waals surface area contributed by atoms with Crippen molar-refractivity contribution in [1.29, 1.82) is 0 Å². The lowest BCUT2D eigenvalue weighted by molar-refractivity contribution is -0.429. The van der Waals surface area contributed by atoms with Crippen molar-refractivity contribution in [2.75, 3.05) is 26.2 Å². The first kappa shape index (κ1) is 53.4. The maximum Gasteiger partial charge on any atom is 0.278 e. The minimum Gasteiger partial charge on any atom is -0.347 e. The molecule has 0 heterocycles. The predicted octanol–water partition coefficient (Wildman–Crippen LogP) is 9.11. The summed E-state index contributed by atoms with van der Waals surface area (Å²) in [6.07, 6.45) is 45.5. The highest BCUT2D eigenvalue weighted by Crippen LogP contribution is 2.14. The predicted molar refractivity (Wildman–Crippen MR) is 230 cm³/mol. The topological polar surface area (TPSA) is 143 Å². The van der Waals surface area contributed by atoms with Crippen molar-refractivity contribution in [2.45, 2.75) is 226 Å². The van der Waals surface area contributed by atoms with Crippen molar-refractivity contribution in [3.8, 4) is 0 Å². The quantitative estimate of drug-likeness (QED) is 0.0244. The van der Waals surface area contributed by atoms with Crippen molar-refractivity contribution in [1.82, 2.24) is 15.5 Å². The third-order valence-electron chi connectivity index (χ3n) is 10.1. The van der Waals surface area contributed by atoms with Gasteiger partial charge in [0.2, 0.25) is 5.91 Å². The summed E-state index contributed by atoms with van der Waals surface area (Å²) in [6, 6.07) is -0.422. The van der Waals surface area contributed by atoms with E-state index in [2.05, 4.69) is 48.1 Å². The largest absolute Gasteiger partial charge is 0.347 e. The van der Waals surface area contributed by atoms with E-state index in [0.717, 1.165) is 32.4 Å². The van der Waals surface area contributed by atoms with Crippen molar-refractivity contribution in [3.05, 3.63) is 24.3 Å². The van der Waals surface area contributed by atoms with Gasteiger partial charge in [-0.1, -0.05) is 179 Å². The van der Waals surface area contributed by atoms with Gasteiger partial charge >= 0.3 is 0 Å². The van der Waals surface area contributed by atoms with Gasteiger partial charge < -0.3 is 21.7 Å². The van der Waals surface area contributed by atoms with Crippen LogP contribution in [0.15, 0.2) is 24.3 Å². The van der Waals surface area contributed by atoms with E-state index in [0.29, 0.717) is 13.0 Å². The fourth-order valence-corrected chi connectivity index (χ4v) is 6.40. The van der Waals surface area contributed by atoms with Gasteiger partial charge in [0.05, 0.1) is 6.54 Å². The van der Waals surface area contributed by atoms with E-state index < -0.39 is 6.04 Å². The maximum atomic E-state index is 13.2. The smallest absolute Gasteiger partial charge is 0.278 e. The van der Waals surface area contributed by atoms with Crippen LogP contribution in [0.4, 0.5) is 0 Å². The van der Waals surface area contributed by atoms with Crippen LogP contribution in [0.3, 0.4) is 0 Å². The highest BCUT2D eigenvalue weighted by atomic mass is 16.2. The Hall–Kier alpha value is -1.74. The third kappa shape index (κ3) is 42.9. The van der Waals surface area contributed by atoms with Crippen LogP contribution in [0.5, 0.6) is 0 Å². The molecule has 0 aromatic carbocycles. The molecule has 2 unspecified atom stereocenters. The van der Waals surface area contributed by atoms with Crippen molar-refractivity contribution in [3.63, 3.8) is 0 Å². The van der Waals surface area contributed by atoms with Crippen LogP contribution in [0, 0.1) is 0 Å². The number of nitrogens with one attached hydrogen (secondary N) is 2. The van der Waals surface area contributed by atoms with Crippen LogP contribution in [-0.4, -0.2) is 55.2 Å². The molecule has 0 aromatic rings. The Labute approximate surface area is 330 Å². The molecule has 314 valence electrons. The van der Waals surface area contributed by atoms with Gasteiger partial charge in [-0.25, -0.2) is 0 Å². The monoisotopic (exact) mass is 751 g/mol. The molecule has 0 fully saturated rings. The second-order valence-corrected chi connectivity index (χ2v) is 15.3. The van der Waals surface area contributed by atoms with Gasteiger partial charge in [0.15, 0.2) is 12.3 Å². The highest BCUT2D eigenvalue weighted by molar-refractivity contribution is 5.86. The zero-order chi connectivity index (χ0) is 39.5. The molecule has 0 aliphatic heterocycles. The molecule has 0 spiro atoms. The van der Waals surface area contributed by atoms with E-state index in [1.807, 2.05) is 30.9 Å². The summed E-state index contributed by atoms with van der Waals surface area (Å²) < 4.78 is 0. The molecule has 2 amide bonds. The van der Waals surface area contributed by atoms with Crippen LogP contribution in [0.25, 0.3) is 0 Å². The van der Waals surface area contributed by atoms with Crippen LogP contribution >= 0.6 is 0 Å². The zero-order valence-corrected chi connectivity index (χ0v) is 36.1. The number of carbonyl (C=O) groups excluding carboxylic acids is 2. The second kappa shape index (κ2) is 44.7. The van der Waals surface area contributed by atoms with Gasteiger partial charge in [0.25, 0.3) is 5.91 Å². The van der Waals surface area contributed by atoms with Crippen molar-refractivity contribution >= 4 is 11.8 Å². The Morgan fingerprint density at radius 3 is 1.30 bits per heavy atom. The molecule has 0 aliphatic carbocycles. The molecular formula is C45H94N6O2+2. The molecule has 0 saturated carbocycles. The van der Waals surface area contributed by atoms with Crippen LogP contribution in [0.2, 0.25) is 0 Å². The lowest BCUT2D eigenvalue weighted by Crippen LogP contribution is -2.74. The third-order valence-corrected chi connectivity index (χ3v) is 10.1. The Kier molecular flexibility index (Phi) is 45.0. The van der Waals surface area contributed by atoms with Crippen LogP contribution in [0.1, 0.15) is 214 Å². The summed E-state index contributed by atoms with van der Waals surface area (Å²) in [5.74, 6) is -0.151. The molecule has 2 atom stereocenters. The average Bonchev–Trinajstić information content (AvgIpc) is 3.15.